The molecule has 0 aromatic heterocycles. The summed E-state index contributed by atoms with van der Waals surface area (Å²) in [5.41, 5.74) is 0. The van der Waals surface area contributed by atoms with Gasteiger partial charge < -0.3 is 9.47 Å². The molecule has 8 heteroatoms. The zero-order valence-corrected chi connectivity index (χ0v) is 10.3. The third kappa shape index (κ3) is 7.57. The molecule has 0 aliphatic carbocycles. The zero-order chi connectivity index (χ0) is 12.7. The maximum absolute atomic E-state index is 10.8. The van der Waals surface area contributed by atoms with Crippen molar-refractivity contribution in [2.45, 2.75) is 0 Å². The topological polar surface area (TPSA) is 86.7 Å². The molecule has 0 aromatic carbocycles. The second-order valence-corrected chi connectivity index (χ2v) is 6.50. The van der Waals surface area contributed by atoms with Gasteiger partial charge in [0.25, 0.3) is 0 Å². The van der Waals surface area contributed by atoms with Crippen molar-refractivity contribution in [1.29, 1.82) is 0 Å². The minimum atomic E-state index is -3.39. The smallest absolute Gasteiger partial charge is 0.194 e. The van der Waals surface area contributed by atoms with E-state index >= 15 is 0 Å². The molecule has 0 unspecified atom stereocenters. The van der Waals surface area contributed by atoms with Crippen LogP contribution >= 0.6 is 0 Å². The molecule has 94 valence electrons. The first kappa shape index (κ1) is 15.3. The highest BCUT2D eigenvalue weighted by Gasteiger charge is 2.06. The summed E-state index contributed by atoms with van der Waals surface area (Å²) < 4.78 is 52.8. The van der Waals surface area contributed by atoms with Gasteiger partial charge in [-0.15, -0.1) is 0 Å². The van der Waals surface area contributed by atoms with Crippen LogP contribution in [0, 0.1) is 0 Å². The van der Waals surface area contributed by atoms with E-state index in [9.17, 15) is 16.8 Å². The molecule has 0 heterocycles. The molecule has 0 radical (unpaired) electrons. The number of hydrogen-bond acceptors (Lipinski definition) is 6. The monoisotopic (exact) mass is 270 g/mol. The average Bonchev–Trinajstić information content (AvgIpc) is 2.23. The highest BCUT2D eigenvalue weighted by atomic mass is 32.2. The van der Waals surface area contributed by atoms with Gasteiger partial charge in [0.1, 0.15) is 0 Å². The Balaban J connectivity index is 3.64. The lowest BCUT2D eigenvalue weighted by atomic mass is 10.8. The molecule has 0 N–H and O–H groups in total. The lowest BCUT2D eigenvalue weighted by Gasteiger charge is -2.03. The molecular formula is C8H14O6S2. The summed E-state index contributed by atoms with van der Waals surface area (Å²) in [4.78, 5) is 0. The van der Waals surface area contributed by atoms with Crippen LogP contribution in [-0.4, -0.2) is 41.9 Å². The minimum Gasteiger partial charge on any atom is -0.363 e. The Morgan fingerprint density at radius 2 is 1.12 bits per heavy atom. The van der Waals surface area contributed by atoms with E-state index in [1.165, 1.54) is 0 Å². The predicted molar refractivity (Wildman–Crippen MR) is 59.9 cm³/mol. The number of ether oxygens (including phenoxy) is 2. The molecule has 0 aliphatic heterocycles. The third-order valence-corrected chi connectivity index (χ3v) is 3.38. The van der Waals surface area contributed by atoms with Gasteiger partial charge in [0.05, 0.1) is 13.2 Å². The van der Waals surface area contributed by atoms with Crippen molar-refractivity contribution in [2.24, 2.45) is 0 Å². The van der Waals surface area contributed by atoms with E-state index in [4.69, 9.17) is 9.47 Å². The second-order valence-electron chi connectivity index (χ2n) is 2.71. The summed E-state index contributed by atoms with van der Waals surface area (Å²) >= 11 is 0. The van der Waals surface area contributed by atoms with Crippen LogP contribution in [0.2, 0.25) is 0 Å². The van der Waals surface area contributed by atoms with Gasteiger partial charge in [0.2, 0.25) is 0 Å². The molecule has 0 bridgehead atoms. The van der Waals surface area contributed by atoms with E-state index in [2.05, 4.69) is 13.2 Å². The first-order valence-electron chi connectivity index (χ1n) is 4.19. The normalized spacial score (nSPS) is 12.2. The van der Waals surface area contributed by atoms with Crippen LogP contribution in [-0.2, 0) is 29.1 Å². The fraction of sp³-hybridized carbons (Fsp3) is 0.500. The van der Waals surface area contributed by atoms with Crippen LogP contribution in [0.1, 0.15) is 0 Å². The van der Waals surface area contributed by atoms with E-state index in [1.54, 1.807) is 0 Å². The predicted octanol–water partition coefficient (Wildman–Crippen LogP) is 0.0512. The summed E-state index contributed by atoms with van der Waals surface area (Å²) in [6.45, 7) is 6.17. The maximum Gasteiger partial charge on any atom is 0.194 e. The fourth-order valence-electron chi connectivity index (χ4n) is 0.564. The number of rotatable bonds is 9. The highest BCUT2D eigenvalue weighted by molar-refractivity contribution is 7.94. The lowest BCUT2D eigenvalue weighted by molar-refractivity contribution is 0.0846. The Hall–Kier alpha value is -0.700. The van der Waals surface area contributed by atoms with Gasteiger partial charge in [-0.25, -0.2) is 16.8 Å². The van der Waals surface area contributed by atoms with Crippen LogP contribution in [0.5, 0.6) is 0 Å². The molecule has 0 saturated carbocycles. The fourth-order valence-corrected chi connectivity index (χ4v) is 1.46. The largest absolute Gasteiger partial charge is 0.363 e. The lowest BCUT2D eigenvalue weighted by Crippen LogP contribution is -2.13. The molecule has 0 saturated heterocycles. The van der Waals surface area contributed by atoms with Crippen molar-refractivity contribution in [3.8, 4) is 0 Å². The van der Waals surface area contributed by atoms with Gasteiger partial charge in [0, 0.05) is 10.8 Å². The SMILES string of the molecule is C=CS(=O)(=O)COCCOCS(=O)(=O)C=C. The highest BCUT2D eigenvalue weighted by Crippen LogP contribution is 1.94. The van der Waals surface area contributed by atoms with Crippen molar-refractivity contribution >= 4 is 19.7 Å². The molecule has 16 heavy (non-hydrogen) atoms. The molecule has 0 aliphatic rings. The van der Waals surface area contributed by atoms with E-state index in [0.29, 0.717) is 0 Å². The minimum absolute atomic E-state index is 0.0142. The van der Waals surface area contributed by atoms with E-state index < -0.39 is 31.6 Å². The van der Waals surface area contributed by atoms with Crippen LogP contribution in [0.3, 0.4) is 0 Å². The first-order chi connectivity index (χ1) is 7.33. The van der Waals surface area contributed by atoms with Gasteiger partial charge in [-0.3, -0.25) is 0 Å². The maximum atomic E-state index is 10.8. The molecule has 0 atom stereocenters. The Labute approximate surface area is 95.4 Å². The Bertz CT molecular complexity index is 377. The third-order valence-electron chi connectivity index (χ3n) is 1.38. The molecule has 0 amide bonds. The summed E-state index contributed by atoms with van der Waals surface area (Å²) in [7, 11) is -6.78. The van der Waals surface area contributed by atoms with Gasteiger partial charge in [-0.05, 0) is 0 Å². The van der Waals surface area contributed by atoms with E-state index in [0.717, 1.165) is 10.8 Å². The molecule has 0 fully saturated rings. The van der Waals surface area contributed by atoms with Gasteiger partial charge in [0.15, 0.2) is 31.6 Å². The summed E-state index contributed by atoms with van der Waals surface area (Å²) in [6, 6.07) is 0. The van der Waals surface area contributed by atoms with Crippen molar-refractivity contribution in [1.82, 2.24) is 0 Å². The first-order valence-corrected chi connectivity index (χ1v) is 7.62. The van der Waals surface area contributed by atoms with E-state index in [1.807, 2.05) is 0 Å². The van der Waals surface area contributed by atoms with Gasteiger partial charge >= 0.3 is 0 Å². The van der Waals surface area contributed by atoms with Crippen LogP contribution in [0.25, 0.3) is 0 Å². The second kappa shape index (κ2) is 6.79. The molecular weight excluding hydrogens is 256 g/mol. The average molecular weight is 270 g/mol. The van der Waals surface area contributed by atoms with Gasteiger partial charge in [-0.2, -0.15) is 0 Å². The Kier molecular flexibility index (Phi) is 6.49. The standard InChI is InChI=1S/C8H14O6S2/c1-3-15(9,10)7-13-5-6-14-8-16(11,12)4-2/h3-4H,1-2,5-8H2. The van der Waals surface area contributed by atoms with Gasteiger partial charge in [-0.1, -0.05) is 13.2 Å². The van der Waals surface area contributed by atoms with Crippen LogP contribution < -0.4 is 0 Å². The van der Waals surface area contributed by atoms with Crippen molar-refractivity contribution in [3.05, 3.63) is 24.0 Å². The van der Waals surface area contributed by atoms with E-state index in [-0.39, 0.29) is 13.2 Å². The van der Waals surface area contributed by atoms with Crippen molar-refractivity contribution < 1.29 is 26.3 Å². The summed E-state index contributed by atoms with van der Waals surface area (Å²) in [5, 5.41) is 1.58. The van der Waals surface area contributed by atoms with Crippen LogP contribution in [0.4, 0.5) is 0 Å². The zero-order valence-electron chi connectivity index (χ0n) is 8.66. The molecule has 6 nitrogen and oxygen atoms in total. The number of hydrogen-bond donors (Lipinski definition) is 0. The Morgan fingerprint density at radius 1 is 0.812 bits per heavy atom. The van der Waals surface area contributed by atoms with Crippen LogP contribution in [0.15, 0.2) is 24.0 Å². The Morgan fingerprint density at radius 3 is 1.38 bits per heavy atom. The molecule has 0 spiro atoms. The van der Waals surface area contributed by atoms with Crippen molar-refractivity contribution in [2.75, 3.05) is 25.1 Å². The number of sulfone groups is 2. The summed E-state index contributed by atoms with van der Waals surface area (Å²) in [5.74, 6) is -0.984. The summed E-state index contributed by atoms with van der Waals surface area (Å²) in [6.07, 6.45) is 0. The molecule has 0 rings (SSSR count). The van der Waals surface area contributed by atoms with Crippen molar-refractivity contribution in [3.63, 3.8) is 0 Å². The quantitative estimate of drug-likeness (QED) is 0.550. The molecule has 0 aromatic rings.